The molecule has 1 heterocycles. The van der Waals surface area contributed by atoms with Gasteiger partial charge in [0.25, 0.3) is 0 Å². The van der Waals surface area contributed by atoms with Gasteiger partial charge in [-0.1, -0.05) is 182 Å². The number of nitrogens with two attached hydrogens (primary N) is 1. The predicted molar refractivity (Wildman–Crippen MR) is 249 cm³/mol. The topological polar surface area (TPSA) is 26.0 Å². The van der Waals surface area contributed by atoms with Gasteiger partial charge in [0.05, 0.1) is 5.41 Å². The quantitative estimate of drug-likeness (QED) is 0.143. The molecule has 1 aliphatic heterocycles. The van der Waals surface area contributed by atoms with Gasteiger partial charge in [0, 0.05) is 15.5 Å². The number of rotatable bonds is 4. The molecule has 2 heteroatoms. The van der Waals surface area contributed by atoms with E-state index in [1.54, 1.807) is 0 Å². The normalized spacial score (nSPS) is 13.2. The summed E-state index contributed by atoms with van der Waals surface area (Å²) in [5.74, 6) is 0. The van der Waals surface area contributed by atoms with Gasteiger partial charge in [0.2, 0.25) is 0 Å². The Hall–Kier alpha value is -7.13. The fourth-order valence-corrected chi connectivity index (χ4v) is 11.5. The van der Waals surface area contributed by atoms with Crippen LogP contribution in [0.4, 0.5) is 5.69 Å². The molecule has 59 heavy (non-hydrogen) atoms. The molecule has 0 radical (unpaired) electrons. The van der Waals surface area contributed by atoms with E-state index in [-0.39, 0.29) is 0 Å². The van der Waals surface area contributed by atoms with Crippen LogP contribution in [0.1, 0.15) is 22.3 Å². The third kappa shape index (κ3) is 5.00. The summed E-state index contributed by atoms with van der Waals surface area (Å²) in [4.78, 5) is 2.58. The van der Waals surface area contributed by atoms with Gasteiger partial charge in [0.15, 0.2) is 0 Å². The van der Waals surface area contributed by atoms with Crippen molar-refractivity contribution < 1.29 is 0 Å². The third-order valence-electron chi connectivity index (χ3n) is 12.6. The van der Waals surface area contributed by atoms with Crippen LogP contribution in [-0.2, 0) is 5.41 Å². The Morgan fingerprint density at radius 3 is 1.36 bits per heavy atom. The van der Waals surface area contributed by atoms with E-state index < -0.39 is 5.41 Å². The minimum atomic E-state index is -0.496. The lowest BCUT2D eigenvalue weighted by Crippen LogP contribution is -2.31. The van der Waals surface area contributed by atoms with Crippen molar-refractivity contribution in [2.24, 2.45) is 0 Å². The van der Waals surface area contributed by atoms with Crippen LogP contribution in [0.2, 0.25) is 0 Å². The maximum absolute atomic E-state index is 6.75. The number of hydrogen-bond acceptors (Lipinski definition) is 2. The van der Waals surface area contributed by atoms with Crippen LogP contribution in [0.25, 0.3) is 77.2 Å². The molecule has 0 atom stereocenters. The zero-order valence-electron chi connectivity index (χ0n) is 32.2. The summed E-state index contributed by atoms with van der Waals surface area (Å²) in [5, 5.41) is 4.92. The summed E-state index contributed by atoms with van der Waals surface area (Å²) >= 11 is 1.87. The van der Waals surface area contributed by atoms with Crippen LogP contribution in [0.5, 0.6) is 0 Å². The average Bonchev–Trinajstić information content (AvgIpc) is 3.58. The molecule has 10 aromatic rings. The van der Waals surface area contributed by atoms with Crippen LogP contribution in [0, 0.1) is 0 Å². The minimum absolute atomic E-state index is 0.496. The number of benzene rings is 10. The monoisotopic (exact) mass is 767 g/mol. The van der Waals surface area contributed by atoms with Crippen molar-refractivity contribution in [3.05, 3.63) is 235 Å². The maximum atomic E-state index is 6.75. The molecule has 2 aliphatic rings. The number of hydrogen-bond donors (Lipinski definition) is 1. The highest BCUT2D eigenvalue weighted by atomic mass is 32.2. The maximum Gasteiger partial charge on any atom is 0.0735 e. The Kier molecular flexibility index (Phi) is 7.60. The van der Waals surface area contributed by atoms with Crippen molar-refractivity contribution in [2.45, 2.75) is 15.2 Å². The SMILES string of the molecule is Nc1ccc2c(c1)-c1c(-c3c4ccccc4c(-c4cc(-c5ccccc5)cc(-c5ccccc5)c4)c4ccccc34)cccc1C21c2ccccc2Sc2ccccc21. The smallest absolute Gasteiger partial charge is 0.0735 e. The third-order valence-corrected chi connectivity index (χ3v) is 13.8. The first-order valence-corrected chi connectivity index (χ1v) is 21.1. The van der Waals surface area contributed by atoms with Gasteiger partial charge in [0.1, 0.15) is 0 Å². The average molecular weight is 768 g/mol. The number of anilines is 1. The number of nitrogen functional groups attached to an aromatic ring is 1. The fraction of sp³-hybridized carbons (Fsp3) is 0.0175. The van der Waals surface area contributed by atoms with E-state index in [4.69, 9.17) is 5.73 Å². The highest BCUT2D eigenvalue weighted by molar-refractivity contribution is 7.99. The van der Waals surface area contributed by atoms with Crippen LogP contribution < -0.4 is 5.73 Å². The first-order chi connectivity index (χ1) is 29.2. The number of fused-ring (bicyclic) bond motifs is 11. The van der Waals surface area contributed by atoms with Crippen molar-refractivity contribution in [3.8, 4) is 55.6 Å². The van der Waals surface area contributed by atoms with E-state index in [1.165, 1.54) is 109 Å². The van der Waals surface area contributed by atoms with E-state index in [2.05, 4.69) is 212 Å². The van der Waals surface area contributed by atoms with Crippen molar-refractivity contribution >= 4 is 39.0 Å². The molecule has 0 saturated carbocycles. The molecule has 276 valence electrons. The molecule has 12 rings (SSSR count). The van der Waals surface area contributed by atoms with Gasteiger partial charge < -0.3 is 5.73 Å². The first-order valence-electron chi connectivity index (χ1n) is 20.3. The molecule has 0 fully saturated rings. The Bertz CT molecular complexity index is 3150. The van der Waals surface area contributed by atoms with Crippen molar-refractivity contribution in [3.63, 3.8) is 0 Å². The van der Waals surface area contributed by atoms with Gasteiger partial charge in [-0.3, -0.25) is 0 Å². The lowest BCUT2D eigenvalue weighted by molar-refractivity contribution is 0.722. The molecule has 1 aliphatic carbocycles. The lowest BCUT2D eigenvalue weighted by atomic mass is 9.67. The second-order valence-electron chi connectivity index (χ2n) is 15.7. The summed E-state index contributed by atoms with van der Waals surface area (Å²) in [6, 6.07) is 78.3. The molecule has 0 bridgehead atoms. The van der Waals surface area contributed by atoms with Gasteiger partial charge >= 0.3 is 0 Å². The summed E-state index contributed by atoms with van der Waals surface area (Å²) in [7, 11) is 0. The summed E-state index contributed by atoms with van der Waals surface area (Å²) < 4.78 is 0. The van der Waals surface area contributed by atoms with E-state index in [0.717, 1.165) is 5.69 Å². The largest absolute Gasteiger partial charge is 0.399 e. The summed E-state index contributed by atoms with van der Waals surface area (Å²) in [5.41, 5.74) is 24.4. The predicted octanol–water partition coefficient (Wildman–Crippen LogP) is 15.1. The Labute approximate surface area is 348 Å². The Balaban J connectivity index is 1.19. The zero-order chi connectivity index (χ0) is 39.1. The van der Waals surface area contributed by atoms with Gasteiger partial charge in [-0.25, -0.2) is 0 Å². The van der Waals surface area contributed by atoms with Crippen LogP contribution in [0.3, 0.4) is 0 Å². The zero-order valence-corrected chi connectivity index (χ0v) is 33.0. The van der Waals surface area contributed by atoms with Gasteiger partial charge in [-0.15, -0.1) is 0 Å². The fourth-order valence-electron chi connectivity index (χ4n) is 10.3. The molecular formula is C57H37NS. The summed E-state index contributed by atoms with van der Waals surface area (Å²) in [6.07, 6.45) is 0. The molecule has 2 N–H and O–H groups in total. The van der Waals surface area contributed by atoms with Crippen LogP contribution in [0.15, 0.2) is 222 Å². The second kappa shape index (κ2) is 13.2. The molecular weight excluding hydrogens is 731 g/mol. The second-order valence-corrected chi connectivity index (χ2v) is 16.8. The van der Waals surface area contributed by atoms with E-state index in [9.17, 15) is 0 Å². The van der Waals surface area contributed by atoms with Gasteiger partial charge in [-0.05, 0) is 142 Å². The van der Waals surface area contributed by atoms with E-state index in [0.29, 0.717) is 0 Å². The lowest BCUT2D eigenvalue weighted by Gasteiger charge is -2.39. The molecule has 0 aromatic heterocycles. The molecule has 10 aromatic carbocycles. The summed E-state index contributed by atoms with van der Waals surface area (Å²) in [6.45, 7) is 0. The van der Waals surface area contributed by atoms with E-state index >= 15 is 0 Å². The molecule has 0 amide bonds. The van der Waals surface area contributed by atoms with E-state index in [1.807, 2.05) is 11.8 Å². The van der Waals surface area contributed by atoms with Gasteiger partial charge in [-0.2, -0.15) is 0 Å². The van der Waals surface area contributed by atoms with Crippen molar-refractivity contribution in [1.82, 2.24) is 0 Å². The standard InChI is InChI=1S/C57H37NS/c58-41-30-31-48-47(35-41)56-46(24-15-27-51(56)57(48)49-25-11-13-28-52(49)59-53-29-14-12-26-50(53)57)55-44-22-9-7-20-42(44)54(43-21-8-10-23-45(43)55)40-33-38(36-16-3-1-4-17-36)32-39(34-40)37-18-5-2-6-19-37/h1-35H,58H2. The minimum Gasteiger partial charge on any atom is -0.399 e. The molecule has 1 spiro atoms. The van der Waals surface area contributed by atoms with Crippen LogP contribution in [-0.4, -0.2) is 0 Å². The molecule has 0 unspecified atom stereocenters. The molecule has 1 nitrogen and oxygen atoms in total. The highest BCUT2D eigenvalue weighted by Gasteiger charge is 2.51. The molecule has 0 saturated heterocycles. The van der Waals surface area contributed by atoms with Crippen molar-refractivity contribution in [2.75, 3.05) is 5.73 Å². The Morgan fingerprint density at radius 1 is 0.305 bits per heavy atom. The Morgan fingerprint density at radius 2 is 0.780 bits per heavy atom. The first kappa shape index (κ1) is 34.0. The van der Waals surface area contributed by atoms with Crippen molar-refractivity contribution in [1.29, 1.82) is 0 Å². The van der Waals surface area contributed by atoms with Crippen LogP contribution >= 0.6 is 11.8 Å². The highest BCUT2D eigenvalue weighted by Crippen LogP contribution is 2.64.